The van der Waals surface area contributed by atoms with Gasteiger partial charge in [-0.05, 0) is 45.2 Å². The number of unbranched alkanes of at least 4 members (excludes halogenated alkanes) is 1. The monoisotopic (exact) mass is 262 g/mol. The van der Waals surface area contributed by atoms with Crippen molar-refractivity contribution in [1.29, 1.82) is 0 Å². The predicted molar refractivity (Wildman–Crippen MR) is 79.9 cm³/mol. The lowest BCUT2D eigenvalue weighted by Gasteiger charge is -2.20. The van der Waals surface area contributed by atoms with Gasteiger partial charge in [0.2, 0.25) is 0 Å². The molecule has 0 aliphatic heterocycles. The van der Waals surface area contributed by atoms with E-state index >= 15 is 0 Å². The van der Waals surface area contributed by atoms with Crippen LogP contribution in [0.15, 0.2) is 31.0 Å². The van der Waals surface area contributed by atoms with Crippen LogP contribution in [0.4, 0.5) is 0 Å². The maximum atomic E-state index is 5.55. The second-order valence-corrected chi connectivity index (χ2v) is 5.74. The Kier molecular flexibility index (Phi) is 6.74. The van der Waals surface area contributed by atoms with Gasteiger partial charge in [0, 0.05) is 24.9 Å². The Bertz CT molecular complexity index is 365. The van der Waals surface area contributed by atoms with Gasteiger partial charge in [-0.2, -0.15) is 0 Å². The highest BCUT2D eigenvalue weighted by Gasteiger charge is 2.08. The largest absolute Gasteiger partial charge is 0.375 e. The average molecular weight is 262 g/mol. The summed E-state index contributed by atoms with van der Waals surface area (Å²) < 4.78 is 5.55. The van der Waals surface area contributed by atoms with Gasteiger partial charge in [0.1, 0.15) is 0 Å². The van der Waals surface area contributed by atoms with Crippen LogP contribution >= 0.6 is 0 Å². The number of hydrogen-bond acceptors (Lipinski definition) is 3. The molecule has 0 atom stereocenters. The minimum atomic E-state index is 0.132. The van der Waals surface area contributed by atoms with Crippen LogP contribution < -0.4 is 5.32 Å². The van der Waals surface area contributed by atoms with E-state index in [2.05, 4.69) is 43.7 Å². The molecule has 0 spiro atoms. The molecule has 0 aliphatic carbocycles. The fourth-order valence-corrected chi connectivity index (χ4v) is 1.52. The van der Waals surface area contributed by atoms with Crippen molar-refractivity contribution in [3.05, 3.63) is 42.2 Å². The zero-order chi connectivity index (χ0) is 14.1. The van der Waals surface area contributed by atoms with Crippen molar-refractivity contribution < 1.29 is 4.74 Å². The maximum Gasteiger partial charge on any atom is 0.0887 e. The van der Waals surface area contributed by atoms with Gasteiger partial charge in [-0.3, -0.25) is 4.98 Å². The van der Waals surface area contributed by atoms with E-state index in [4.69, 9.17) is 4.74 Å². The minimum absolute atomic E-state index is 0.132. The fraction of sp³-hybridized carbons (Fsp3) is 0.562. The second kappa shape index (κ2) is 8.08. The van der Waals surface area contributed by atoms with E-state index < -0.39 is 0 Å². The van der Waals surface area contributed by atoms with E-state index in [0.717, 1.165) is 31.7 Å². The first-order valence-electron chi connectivity index (χ1n) is 6.89. The van der Waals surface area contributed by atoms with Crippen LogP contribution in [0.25, 0.3) is 0 Å². The molecule has 0 saturated carbocycles. The number of rotatable bonds is 8. The summed E-state index contributed by atoms with van der Waals surface area (Å²) in [5.41, 5.74) is 2.32. The van der Waals surface area contributed by atoms with Gasteiger partial charge in [-0.25, -0.2) is 0 Å². The van der Waals surface area contributed by atoms with Crippen molar-refractivity contribution in [3.63, 3.8) is 0 Å². The summed E-state index contributed by atoms with van der Waals surface area (Å²) in [6.07, 6.45) is 5.86. The van der Waals surface area contributed by atoms with Crippen molar-refractivity contribution in [3.8, 4) is 0 Å². The molecule has 3 nitrogen and oxygen atoms in total. The van der Waals surface area contributed by atoms with Gasteiger partial charge in [-0.1, -0.05) is 12.1 Å². The van der Waals surface area contributed by atoms with Crippen LogP contribution in [0.1, 0.15) is 44.9 Å². The molecule has 0 fully saturated rings. The Hall–Kier alpha value is -1.19. The average Bonchev–Trinajstić information content (AvgIpc) is 2.37. The molecule has 0 aliphatic rings. The Labute approximate surface area is 117 Å². The second-order valence-electron chi connectivity index (χ2n) is 5.74. The highest BCUT2D eigenvalue weighted by molar-refractivity contribution is 5.13. The summed E-state index contributed by atoms with van der Waals surface area (Å²) in [7, 11) is 0. The number of hydrogen-bond donors (Lipinski definition) is 1. The Morgan fingerprint density at radius 3 is 2.74 bits per heavy atom. The van der Waals surface area contributed by atoms with E-state index in [1.54, 1.807) is 0 Å². The van der Waals surface area contributed by atoms with E-state index in [1.165, 1.54) is 5.56 Å². The van der Waals surface area contributed by atoms with Gasteiger partial charge in [0.05, 0.1) is 12.3 Å². The van der Waals surface area contributed by atoms with Crippen LogP contribution in [0.5, 0.6) is 0 Å². The molecule has 0 radical (unpaired) electrons. The van der Waals surface area contributed by atoms with E-state index in [-0.39, 0.29) is 5.54 Å². The molecule has 19 heavy (non-hydrogen) atoms. The molecule has 0 aromatic carbocycles. The standard InChI is InChI=1S/C16H26N2O/c1-5-6-7-10-19-13-15-9-8-14(11-17-15)12-18-16(2,3)4/h5,8-9,11,18H,1,6-7,10,12-13H2,2-4H3. The van der Waals surface area contributed by atoms with E-state index in [9.17, 15) is 0 Å². The highest BCUT2D eigenvalue weighted by atomic mass is 16.5. The van der Waals surface area contributed by atoms with E-state index in [1.807, 2.05) is 18.3 Å². The van der Waals surface area contributed by atoms with Crippen LogP contribution in [-0.4, -0.2) is 17.1 Å². The molecular formula is C16H26N2O. The summed E-state index contributed by atoms with van der Waals surface area (Å²) in [6, 6.07) is 4.14. The molecule has 1 heterocycles. The summed E-state index contributed by atoms with van der Waals surface area (Å²) in [5, 5.41) is 3.44. The normalized spacial score (nSPS) is 11.5. The Morgan fingerprint density at radius 1 is 1.37 bits per heavy atom. The van der Waals surface area contributed by atoms with Gasteiger partial charge in [-0.15, -0.1) is 6.58 Å². The number of nitrogens with zero attached hydrogens (tertiary/aromatic N) is 1. The molecule has 106 valence electrons. The molecule has 3 heteroatoms. The molecule has 0 bridgehead atoms. The lowest BCUT2D eigenvalue weighted by Crippen LogP contribution is -2.35. The van der Waals surface area contributed by atoms with Crippen molar-refractivity contribution >= 4 is 0 Å². The van der Waals surface area contributed by atoms with Crippen LogP contribution in [0.2, 0.25) is 0 Å². The van der Waals surface area contributed by atoms with Crippen LogP contribution in [0.3, 0.4) is 0 Å². The van der Waals surface area contributed by atoms with Gasteiger partial charge >= 0.3 is 0 Å². The van der Waals surface area contributed by atoms with Crippen molar-refractivity contribution in [2.75, 3.05) is 6.61 Å². The molecule has 1 aromatic rings. The zero-order valence-corrected chi connectivity index (χ0v) is 12.4. The lowest BCUT2D eigenvalue weighted by atomic mass is 10.1. The third-order valence-corrected chi connectivity index (χ3v) is 2.66. The summed E-state index contributed by atoms with van der Waals surface area (Å²) in [5.74, 6) is 0. The maximum absolute atomic E-state index is 5.55. The Balaban J connectivity index is 2.29. The third kappa shape index (κ3) is 7.75. The summed E-state index contributed by atoms with van der Waals surface area (Å²) in [4.78, 5) is 4.41. The number of aromatic nitrogens is 1. The first-order chi connectivity index (χ1) is 9.01. The van der Waals surface area contributed by atoms with Crippen molar-refractivity contribution in [1.82, 2.24) is 10.3 Å². The number of allylic oxidation sites excluding steroid dienone is 1. The summed E-state index contributed by atoms with van der Waals surface area (Å²) in [6.45, 7) is 12.4. The summed E-state index contributed by atoms with van der Waals surface area (Å²) >= 11 is 0. The number of pyridine rings is 1. The molecule has 1 aromatic heterocycles. The lowest BCUT2D eigenvalue weighted by molar-refractivity contribution is 0.116. The quantitative estimate of drug-likeness (QED) is 0.575. The first-order valence-corrected chi connectivity index (χ1v) is 6.89. The van der Waals surface area contributed by atoms with Crippen molar-refractivity contribution in [2.45, 2.75) is 52.3 Å². The molecule has 1 rings (SSSR count). The predicted octanol–water partition coefficient (Wildman–Crippen LogP) is 3.45. The Morgan fingerprint density at radius 2 is 2.16 bits per heavy atom. The van der Waals surface area contributed by atoms with E-state index in [0.29, 0.717) is 6.61 Å². The van der Waals surface area contributed by atoms with Crippen LogP contribution in [0, 0.1) is 0 Å². The molecule has 0 saturated heterocycles. The minimum Gasteiger partial charge on any atom is -0.375 e. The highest BCUT2D eigenvalue weighted by Crippen LogP contribution is 2.05. The molecule has 0 amide bonds. The van der Waals surface area contributed by atoms with Gasteiger partial charge in [0.25, 0.3) is 0 Å². The SMILES string of the molecule is C=CCCCOCc1ccc(CNC(C)(C)C)cn1. The van der Waals surface area contributed by atoms with Crippen molar-refractivity contribution in [2.24, 2.45) is 0 Å². The smallest absolute Gasteiger partial charge is 0.0887 e. The molecule has 1 N–H and O–H groups in total. The fourth-order valence-electron chi connectivity index (χ4n) is 1.52. The first kappa shape index (κ1) is 15.9. The molecule has 0 unspecified atom stereocenters. The third-order valence-electron chi connectivity index (χ3n) is 2.66. The number of ether oxygens (including phenoxy) is 1. The molecular weight excluding hydrogens is 236 g/mol. The van der Waals surface area contributed by atoms with Gasteiger partial charge < -0.3 is 10.1 Å². The van der Waals surface area contributed by atoms with Crippen LogP contribution in [-0.2, 0) is 17.9 Å². The van der Waals surface area contributed by atoms with Gasteiger partial charge in [0.15, 0.2) is 0 Å². The number of nitrogens with one attached hydrogen (secondary N) is 1. The topological polar surface area (TPSA) is 34.1 Å². The zero-order valence-electron chi connectivity index (χ0n) is 12.4.